The molecule has 20 heavy (non-hydrogen) atoms. The number of benzene rings is 2. The number of amides is 2. The highest BCUT2D eigenvalue weighted by Crippen LogP contribution is 2.20. The number of halogens is 4. The Bertz CT molecular complexity index is 609. The molecule has 2 aromatic rings. The van der Waals surface area contributed by atoms with Crippen molar-refractivity contribution in [3.63, 3.8) is 0 Å². The molecule has 104 valence electrons. The topological polar surface area (TPSA) is 41.1 Å². The second-order valence-corrected chi connectivity index (χ2v) is 4.24. The van der Waals surface area contributed by atoms with Crippen LogP contribution in [0.2, 0.25) is 5.02 Å². The highest BCUT2D eigenvalue weighted by atomic mass is 35.5. The Labute approximate surface area is 117 Å². The Balaban J connectivity index is 2.04. The smallest absolute Gasteiger partial charge is 0.308 e. The SMILES string of the molecule is O=C(Nc1ccc(F)c(F)c1)Nc1ccc(F)c(Cl)c1. The van der Waals surface area contributed by atoms with E-state index in [-0.39, 0.29) is 16.4 Å². The van der Waals surface area contributed by atoms with Gasteiger partial charge in [-0.3, -0.25) is 0 Å². The van der Waals surface area contributed by atoms with Gasteiger partial charge in [-0.1, -0.05) is 11.6 Å². The summed E-state index contributed by atoms with van der Waals surface area (Å²) in [4.78, 5) is 11.6. The molecule has 0 fully saturated rings. The summed E-state index contributed by atoms with van der Waals surface area (Å²) in [6.07, 6.45) is 0. The average Bonchev–Trinajstić information content (AvgIpc) is 2.38. The highest BCUT2D eigenvalue weighted by molar-refractivity contribution is 6.31. The zero-order chi connectivity index (χ0) is 14.7. The Hall–Kier alpha value is -2.21. The quantitative estimate of drug-likeness (QED) is 0.848. The number of rotatable bonds is 2. The van der Waals surface area contributed by atoms with Gasteiger partial charge in [0.15, 0.2) is 11.6 Å². The first-order valence-electron chi connectivity index (χ1n) is 5.44. The van der Waals surface area contributed by atoms with E-state index in [9.17, 15) is 18.0 Å². The first-order valence-corrected chi connectivity index (χ1v) is 5.81. The van der Waals surface area contributed by atoms with Crippen LogP contribution in [0, 0.1) is 17.5 Å². The molecule has 0 radical (unpaired) electrons. The van der Waals surface area contributed by atoms with Gasteiger partial charge in [0.2, 0.25) is 0 Å². The maximum Gasteiger partial charge on any atom is 0.323 e. The molecule has 2 aromatic carbocycles. The van der Waals surface area contributed by atoms with Crippen molar-refractivity contribution in [1.82, 2.24) is 0 Å². The van der Waals surface area contributed by atoms with E-state index >= 15 is 0 Å². The molecule has 0 aliphatic carbocycles. The Morgan fingerprint density at radius 1 is 0.850 bits per heavy atom. The molecule has 0 saturated heterocycles. The number of carbonyl (C=O) groups is 1. The molecule has 0 aromatic heterocycles. The molecule has 0 aliphatic heterocycles. The highest BCUT2D eigenvalue weighted by Gasteiger charge is 2.07. The second kappa shape index (κ2) is 5.83. The largest absolute Gasteiger partial charge is 0.323 e. The molecule has 0 heterocycles. The van der Waals surface area contributed by atoms with Crippen LogP contribution in [0.3, 0.4) is 0 Å². The molecule has 0 spiro atoms. The minimum Gasteiger partial charge on any atom is -0.308 e. The second-order valence-electron chi connectivity index (χ2n) is 3.84. The average molecular weight is 301 g/mol. The fraction of sp³-hybridized carbons (Fsp3) is 0. The van der Waals surface area contributed by atoms with E-state index in [1.807, 2.05) is 0 Å². The van der Waals surface area contributed by atoms with E-state index in [0.717, 1.165) is 18.2 Å². The van der Waals surface area contributed by atoms with Crippen LogP contribution in [0.1, 0.15) is 0 Å². The third kappa shape index (κ3) is 3.42. The van der Waals surface area contributed by atoms with Gasteiger partial charge in [0.1, 0.15) is 5.82 Å². The molecule has 0 aliphatic rings. The molecule has 0 bridgehead atoms. The van der Waals surface area contributed by atoms with Crippen LogP contribution in [-0.2, 0) is 0 Å². The van der Waals surface area contributed by atoms with E-state index in [1.54, 1.807) is 0 Å². The van der Waals surface area contributed by atoms with Gasteiger partial charge in [-0.25, -0.2) is 18.0 Å². The Morgan fingerprint density at radius 3 is 1.95 bits per heavy atom. The number of carbonyl (C=O) groups excluding carboxylic acids is 1. The van der Waals surface area contributed by atoms with Gasteiger partial charge in [0, 0.05) is 17.4 Å². The van der Waals surface area contributed by atoms with Crippen LogP contribution < -0.4 is 10.6 Å². The zero-order valence-corrected chi connectivity index (χ0v) is 10.6. The maximum atomic E-state index is 12.9. The van der Waals surface area contributed by atoms with E-state index < -0.39 is 23.5 Å². The van der Waals surface area contributed by atoms with Crippen molar-refractivity contribution in [3.8, 4) is 0 Å². The zero-order valence-electron chi connectivity index (χ0n) is 9.88. The summed E-state index contributed by atoms with van der Waals surface area (Å²) in [6, 6.07) is 5.87. The van der Waals surface area contributed by atoms with Crippen LogP contribution >= 0.6 is 11.6 Å². The maximum absolute atomic E-state index is 12.9. The molecule has 2 N–H and O–H groups in total. The molecule has 2 amide bonds. The third-order valence-corrected chi connectivity index (χ3v) is 2.64. The summed E-state index contributed by atoms with van der Waals surface area (Å²) in [7, 11) is 0. The van der Waals surface area contributed by atoms with Gasteiger partial charge in [-0.15, -0.1) is 0 Å². The van der Waals surface area contributed by atoms with Crippen molar-refractivity contribution in [2.75, 3.05) is 10.6 Å². The minimum absolute atomic E-state index is 0.0783. The molecule has 2 rings (SSSR count). The fourth-order valence-electron chi connectivity index (χ4n) is 1.44. The van der Waals surface area contributed by atoms with E-state index in [4.69, 9.17) is 11.6 Å². The predicted molar refractivity (Wildman–Crippen MR) is 70.4 cm³/mol. The van der Waals surface area contributed by atoms with Crippen LogP contribution in [0.5, 0.6) is 0 Å². The van der Waals surface area contributed by atoms with E-state index in [2.05, 4.69) is 10.6 Å². The van der Waals surface area contributed by atoms with Gasteiger partial charge in [-0.05, 0) is 30.3 Å². The number of urea groups is 1. The van der Waals surface area contributed by atoms with Gasteiger partial charge in [0.25, 0.3) is 0 Å². The number of anilines is 2. The van der Waals surface area contributed by atoms with E-state index in [0.29, 0.717) is 0 Å². The van der Waals surface area contributed by atoms with Gasteiger partial charge in [0.05, 0.1) is 5.02 Å². The van der Waals surface area contributed by atoms with Gasteiger partial charge < -0.3 is 10.6 Å². The normalized spacial score (nSPS) is 10.2. The number of hydrogen-bond acceptors (Lipinski definition) is 1. The van der Waals surface area contributed by atoms with Crippen molar-refractivity contribution in [3.05, 3.63) is 58.9 Å². The first-order chi connectivity index (χ1) is 9.45. The van der Waals surface area contributed by atoms with Crippen molar-refractivity contribution < 1.29 is 18.0 Å². The van der Waals surface area contributed by atoms with Crippen LogP contribution in [0.4, 0.5) is 29.3 Å². The Kier molecular flexibility index (Phi) is 4.14. The standard InChI is InChI=1S/C13H8ClF3N2O/c14-9-5-7(1-3-10(9)15)18-13(20)19-8-2-4-11(16)12(17)6-8/h1-6H,(H2,18,19,20). The molecule has 0 unspecified atom stereocenters. The van der Waals surface area contributed by atoms with Crippen LogP contribution in [-0.4, -0.2) is 6.03 Å². The van der Waals surface area contributed by atoms with Crippen molar-refractivity contribution >= 4 is 29.0 Å². The summed E-state index contributed by atoms with van der Waals surface area (Å²) in [5.41, 5.74) is 0.339. The molecular formula is C13H8ClF3N2O. The van der Waals surface area contributed by atoms with Crippen molar-refractivity contribution in [1.29, 1.82) is 0 Å². The summed E-state index contributed by atoms with van der Waals surface area (Å²) >= 11 is 5.56. The number of hydrogen-bond donors (Lipinski definition) is 2. The fourth-order valence-corrected chi connectivity index (χ4v) is 1.62. The monoisotopic (exact) mass is 300 g/mol. The molecule has 3 nitrogen and oxygen atoms in total. The lowest BCUT2D eigenvalue weighted by molar-refractivity contribution is 0.262. The van der Waals surface area contributed by atoms with Crippen LogP contribution in [0.15, 0.2) is 36.4 Å². The number of nitrogens with one attached hydrogen (secondary N) is 2. The van der Waals surface area contributed by atoms with E-state index in [1.165, 1.54) is 18.2 Å². The molecular weight excluding hydrogens is 293 g/mol. The summed E-state index contributed by atoms with van der Waals surface area (Å²) in [6.45, 7) is 0. The molecule has 0 atom stereocenters. The minimum atomic E-state index is -1.08. The first kappa shape index (κ1) is 14.2. The lowest BCUT2D eigenvalue weighted by Crippen LogP contribution is -2.19. The van der Waals surface area contributed by atoms with Gasteiger partial charge >= 0.3 is 6.03 Å². The van der Waals surface area contributed by atoms with Crippen molar-refractivity contribution in [2.24, 2.45) is 0 Å². The summed E-state index contributed by atoms with van der Waals surface area (Å²) < 4.78 is 38.6. The summed E-state index contributed by atoms with van der Waals surface area (Å²) in [5.74, 6) is -2.70. The molecule has 7 heteroatoms. The predicted octanol–water partition coefficient (Wildman–Crippen LogP) is 4.40. The van der Waals surface area contributed by atoms with Crippen LogP contribution in [0.25, 0.3) is 0 Å². The lowest BCUT2D eigenvalue weighted by atomic mass is 10.3. The summed E-state index contributed by atoms with van der Waals surface area (Å²) in [5, 5.41) is 4.53. The molecule has 0 saturated carbocycles. The Morgan fingerprint density at radius 2 is 1.40 bits per heavy atom. The third-order valence-electron chi connectivity index (χ3n) is 2.35. The van der Waals surface area contributed by atoms with Gasteiger partial charge in [-0.2, -0.15) is 0 Å². The van der Waals surface area contributed by atoms with Crippen molar-refractivity contribution in [2.45, 2.75) is 0 Å². The lowest BCUT2D eigenvalue weighted by Gasteiger charge is -2.08.